The van der Waals surface area contributed by atoms with E-state index < -0.39 is 23.4 Å². The highest BCUT2D eigenvalue weighted by atomic mass is 16.6. The van der Waals surface area contributed by atoms with Crippen LogP contribution in [0.5, 0.6) is 11.5 Å². The number of anilines is 2. The highest BCUT2D eigenvalue weighted by molar-refractivity contribution is 5.99. The van der Waals surface area contributed by atoms with Crippen LogP contribution in [0.15, 0.2) is 36.4 Å². The van der Waals surface area contributed by atoms with Crippen LogP contribution in [0.1, 0.15) is 10.4 Å². The minimum Gasteiger partial charge on any atom is -0.497 e. The third-order valence-corrected chi connectivity index (χ3v) is 3.91. The summed E-state index contributed by atoms with van der Waals surface area (Å²) in [6, 6.07) is 8.65. The summed E-state index contributed by atoms with van der Waals surface area (Å²) in [5, 5.41) is 13.6. The minimum absolute atomic E-state index is 0.0148. The van der Waals surface area contributed by atoms with Crippen molar-refractivity contribution in [1.82, 2.24) is 0 Å². The number of nitro groups is 1. The van der Waals surface area contributed by atoms with Crippen LogP contribution in [-0.2, 0) is 9.53 Å². The van der Waals surface area contributed by atoms with Gasteiger partial charge in [0.15, 0.2) is 6.61 Å². The summed E-state index contributed by atoms with van der Waals surface area (Å²) in [6.45, 7) is -0.580. The lowest BCUT2D eigenvalue weighted by Gasteiger charge is -2.16. The molecule has 2 aromatic carbocycles. The van der Waals surface area contributed by atoms with E-state index in [1.807, 2.05) is 0 Å². The fourth-order valence-electron chi connectivity index (χ4n) is 2.49. The quantitative estimate of drug-likeness (QED) is 0.405. The van der Waals surface area contributed by atoms with E-state index in [0.29, 0.717) is 22.9 Å². The predicted molar refractivity (Wildman–Crippen MR) is 106 cm³/mol. The summed E-state index contributed by atoms with van der Waals surface area (Å²) in [5.74, 6) is -0.529. The Morgan fingerprint density at radius 1 is 1.10 bits per heavy atom. The van der Waals surface area contributed by atoms with Crippen LogP contribution in [-0.4, -0.2) is 51.7 Å². The number of hydrogen-bond acceptors (Lipinski definition) is 8. The molecule has 1 amide bonds. The molecule has 0 aliphatic rings. The van der Waals surface area contributed by atoms with Crippen LogP contribution >= 0.6 is 0 Å². The number of nitrogens with one attached hydrogen (secondary N) is 1. The minimum atomic E-state index is -0.853. The number of non-ortho nitro benzene ring substituents is 1. The number of carbonyl (C=O) groups is 2. The normalized spacial score (nSPS) is 10.1. The molecular formula is C19H21N3O7. The zero-order chi connectivity index (χ0) is 21.6. The van der Waals surface area contributed by atoms with Crippen molar-refractivity contribution >= 4 is 28.9 Å². The largest absolute Gasteiger partial charge is 0.497 e. The molecule has 0 saturated heterocycles. The number of rotatable bonds is 8. The van der Waals surface area contributed by atoms with Gasteiger partial charge in [-0.25, -0.2) is 4.79 Å². The second kappa shape index (κ2) is 9.40. The molecular weight excluding hydrogens is 382 g/mol. The Bertz CT molecular complexity index is 928. The maximum Gasteiger partial charge on any atom is 0.341 e. The van der Waals surface area contributed by atoms with E-state index in [1.54, 1.807) is 37.2 Å². The van der Waals surface area contributed by atoms with Gasteiger partial charge in [-0.1, -0.05) is 0 Å². The molecule has 154 valence electrons. The lowest BCUT2D eigenvalue weighted by Crippen LogP contribution is -2.22. The van der Waals surface area contributed by atoms with Crippen LogP contribution < -0.4 is 19.7 Å². The van der Waals surface area contributed by atoms with Gasteiger partial charge in [0.2, 0.25) is 0 Å². The van der Waals surface area contributed by atoms with Crippen LogP contribution in [0.25, 0.3) is 0 Å². The molecule has 2 rings (SSSR count). The fraction of sp³-hybridized carbons (Fsp3) is 0.263. The highest BCUT2D eigenvalue weighted by Crippen LogP contribution is 2.29. The van der Waals surface area contributed by atoms with Gasteiger partial charge in [-0.2, -0.15) is 0 Å². The Morgan fingerprint density at radius 3 is 2.41 bits per heavy atom. The summed E-state index contributed by atoms with van der Waals surface area (Å²) < 4.78 is 15.3. The number of carbonyl (C=O) groups excluding carboxylic acids is 2. The molecule has 29 heavy (non-hydrogen) atoms. The van der Waals surface area contributed by atoms with Crippen LogP contribution in [0, 0.1) is 10.1 Å². The monoisotopic (exact) mass is 403 g/mol. The maximum absolute atomic E-state index is 12.4. The number of nitro benzene ring substituents is 1. The molecule has 0 spiro atoms. The molecule has 0 aliphatic heterocycles. The number of hydrogen-bond donors (Lipinski definition) is 1. The topological polar surface area (TPSA) is 120 Å². The summed E-state index contributed by atoms with van der Waals surface area (Å²) in [6.07, 6.45) is 0. The Kier molecular flexibility index (Phi) is 6.96. The number of ether oxygens (including phenoxy) is 3. The summed E-state index contributed by atoms with van der Waals surface area (Å²) in [5.41, 5.74) is 0.533. The van der Waals surface area contributed by atoms with Gasteiger partial charge in [0, 0.05) is 32.3 Å². The second-order valence-electron chi connectivity index (χ2n) is 6.04. The molecule has 1 N–H and O–H groups in total. The van der Waals surface area contributed by atoms with Gasteiger partial charge >= 0.3 is 5.97 Å². The van der Waals surface area contributed by atoms with Gasteiger partial charge in [-0.15, -0.1) is 0 Å². The second-order valence-corrected chi connectivity index (χ2v) is 6.04. The van der Waals surface area contributed by atoms with E-state index in [1.165, 1.54) is 26.4 Å². The van der Waals surface area contributed by atoms with Crippen molar-refractivity contribution in [3.63, 3.8) is 0 Å². The highest BCUT2D eigenvalue weighted by Gasteiger charge is 2.20. The van der Waals surface area contributed by atoms with E-state index in [4.69, 9.17) is 14.2 Å². The standard InChI is InChI=1S/C19H21N3O7/c1-21(2)16-8-5-12(22(25)26)9-14(16)19(24)29-11-18(23)20-15-7-6-13(27-3)10-17(15)28-4/h5-10H,11H2,1-4H3,(H,20,23). The first-order valence-electron chi connectivity index (χ1n) is 8.41. The average molecular weight is 403 g/mol. The van der Waals surface area contributed by atoms with Crippen molar-refractivity contribution in [3.05, 3.63) is 52.1 Å². The van der Waals surface area contributed by atoms with E-state index in [9.17, 15) is 19.7 Å². The lowest BCUT2D eigenvalue weighted by molar-refractivity contribution is -0.384. The Balaban J connectivity index is 2.10. The van der Waals surface area contributed by atoms with Gasteiger partial charge in [0.25, 0.3) is 11.6 Å². The van der Waals surface area contributed by atoms with Crippen LogP contribution in [0.4, 0.5) is 17.1 Å². The lowest BCUT2D eigenvalue weighted by atomic mass is 10.1. The van der Waals surface area contributed by atoms with Crippen molar-refractivity contribution < 1.29 is 28.7 Å². The molecule has 0 bridgehead atoms. The number of amides is 1. The Hall–Kier alpha value is -3.82. The number of esters is 1. The SMILES string of the molecule is COc1ccc(NC(=O)COC(=O)c2cc([N+](=O)[O-])ccc2N(C)C)c(OC)c1. The van der Waals surface area contributed by atoms with Gasteiger partial charge in [0.1, 0.15) is 11.5 Å². The predicted octanol–water partition coefficient (Wildman–Crippen LogP) is 2.47. The van der Waals surface area contributed by atoms with Gasteiger partial charge < -0.3 is 24.4 Å². The van der Waals surface area contributed by atoms with Gasteiger partial charge in [-0.05, 0) is 18.2 Å². The molecule has 0 radical (unpaired) electrons. The molecule has 2 aromatic rings. The third kappa shape index (κ3) is 5.34. The van der Waals surface area contributed by atoms with Gasteiger partial charge in [0.05, 0.1) is 36.1 Å². The van der Waals surface area contributed by atoms with Crippen molar-refractivity contribution in [3.8, 4) is 11.5 Å². The smallest absolute Gasteiger partial charge is 0.341 e. The van der Waals surface area contributed by atoms with Crippen molar-refractivity contribution in [2.45, 2.75) is 0 Å². The molecule has 0 saturated carbocycles. The van der Waals surface area contributed by atoms with E-state index >= 15 is 0 Å². The van der Waals surface area contributed by atoms with Crippen molar-refractivity contribution in [2.75, 3.05) is 45.1 Å². The Morgan fingerprint density at radius 2 is 1.83 bits per heavy atom. The van der Waals surface area contributed by atoms with E-state index in [0.717, 1.165) is 6.07 Å². The summed E-state index contributed by atoms with van der Waals surface area (Å²) in [7, 11) is 6.30. The number of nitrogens with zero attached hydrogens (tertiary/aromatic N) is 2. The van der Waals surface area contributed by atoms with Crippen LogP contribution in [0.3, 0.4) is 0 Å². The third-order valence-electron chi connectivity index (χ3n) is 3.91. The molecule has 10 heteroatoms. The maximum atomic E-state index is 12.4. The van der Waals surface area contributed by atoms with Crippen LogP contribution in [0.2, 0.25) is 0 Å². The molecule has 10 nitrogen and oxygen atoms in total. The molecule has 0 aromatic heterocycles. The molecule has 0 heterocycles. The Labute approximate surface area is 167 Å². The molecule has 0 fully saturated rings. The average Bonchev–Trinajstić information content (AvgIpc) is 2.71. The summed E-state index contributed by atoms with van der Waals surface area (Å²) >= 11 is 0. The van der Waals surface area contributed by atoms with Gasteiger partial charge in [-0.3, -0.25) is 14.9 Å². The number of methoxy groups -OCH3 is 2. The fourth-order valence-corrected chi connectivity index (χ4v) is 2.49. The molecule has 0 aliphatic carbocycles. The zero-order valence-electron chi connectivity index (χ0n) is 16.4. The van der Waals surface area contributed by atoms with E-state index in [-0.39, 0.29) is 11.3 Å². The van der Waals surface area contributed by atoms with E-state index in [2.05, 4.69) is 5.32 Å². The first-order chi connectivity index (χ1) is 13.8. The van der Waals surface area contributed by atoms with Crippen molar-refractivity contribution in [1.29, 1.82) is 0 Å². The molecule has 0 unspecified atom stereocenters. The molecule has 0 atom stereocenters. The zero-order valence-corrected chi connectivity index (χ0v) is 16.4. The first-order valence-corrected chi connectivity index (χ1v) is 8.41. The number of benzene rings is 2. The summed E-state index contributed by atoms with van der Waals surface area (Å²) in [4.78, 5) is 36.6. The first kappa shape index (κ1) is 21.5. The van der Waals surface area contributed by atoms with Crippen molar-refractivity contribution in [2.24, 2.45) is 0 Å².